The molecule has 112 valence electrons. The Morgan fingerprint density at radius 1 is 1.05 bits per heavy atom. The highest BCUT2D eigenvalue weighted by atomic mass is 19.2. The molecule has 0 radical (unpaired) electrons. The van der Waals surface area contributed by atoms with Crippen LogP contribution in [0.4, 0.5) is 24.5 Å². The summed E-state index contributed by atoms with van der Waals surface area (Å²) in [7, 11) is 0. The zero-order chi connectivity index (χ0) is 15.9. The van der Waals surface area contributed by atoms with Gasteiger partial charge in [0.1, 0.15) is 5.82 Å². The zero-order valence-corrected chi connectivity index (χ0v) is 11.5. The molecule has 0 spiro atoms. The van der Waals surface area contributed by atoms with Crippen LogP contribution in [-0.4, -0.2) is 4.98 Å². The molecule has 3 nitrogen and oxygen atoms in total. The molecule has 0 bridgehead atoms. The van der Waals surface area contributed by atoms with Crippen LogP contribution >= 0.6 is 0 Å². The monoisotopic (exact) mass is 304 g/mol. The number of nitrogens with one attached hydrogen (secondary N) is 2. The van der Waals surface area contributed by atoms with Crippen LogP contribution in [0.1, 0.15) is 5.56 Å². The highest BCUT2D eigenvalue weighted by molar-refractivity contribution is 5.95. The first-order valence-electron chi connectivity index (χ1n) is 6.50. The topological polar surface area (TPSA) is 44.9 Å². The first-order chi connectivity index (χ1) is 10.5. The number of rotatable bonds is 2. The molecule has 0 saturated carbocycles. The van der Waals surface area contributed by atoms with Crippen LogP contribution in [0.3, 0.4) is 0 Å². The maximum atomic E-state index is 14.1. The van der Waals surface area contributed by atoms with Gasteiger partial charge >= 0.3 is 0 Å². The van der Waals surface area contributed by atoms with Gasteiger partial charge in [-0.1, -0.05) is 6.07 Å². The van der Waals surface area contributed by atoms with E-state index in [9.17, 15) is 18.0 Å². The van der Waals surface area contributed by atoms with Gasteiger partial charge in [-0.05, 0) is 42.1 Å². The van der Waals surface area contributed by atoms with Crippen molar-refractivity contribution in [1.82, 2.24) is 4.98 Å². The molecule has 3 aromatic rings. The van der Waals surface area contributed by atoms with E-state index < -0.39 is 23.0 Å². The van der Waals surface area contributed by atoms with E-state index in [-0.39, 0.29) is 22.1 Å². The maximum Gasteiger partial charge on any atom is 0.258 e. The van der Waals surface area contributed by atoms with Crippen molar-refractivity contribution in [3.8, 4) is 0 Å². The van der Waals surface area contributed by atoms with Crippen molar-refractivity contribution >= 4 is 22.1 Å². The summed E-state index contributed by atoms with van der Waals surface area (Å²) in [4.78, 5) is 14.3. The molecule has 0 aliphatic rings. The van der Waals surface area contributed by atoms with Gasteiger partial charge < -0.3 is 10.3 Å². The molecular weight excluding hydrogens is 293 g/mol. The molecule has 1 heterocycles. The number of hydrogen-bond acceptors (Lipinski definition) is 2. The minimum atomic E-state index is -1.23. The summed E-state index contributed by atoms with van der Waals surface area (Å²) in [6, 6.07) is 6.64. The smallest absolute Gasteiger partial charge is 0.258 e. The van der Waals surface area contributed by atoms with Crippen molar-refractivity contribution in [1.29, 1.82) is 0 Å². The lowest BCUT2D eigenvalue weighted by molar-refractivity contribution is 0.513. The lowest BCUT2D eigenvalue weighted by atomic mass is 10.1. The molecule has 0 aliphatic heterocycles. The summed E-state index contributed by atoms with van der Waals surface area (Å²) in [6.45, 7) is 1.70. The summed E-state index contributed by atoms with van der Waals surface area (Å²) < 4.78 is 41.7. The standard InChI is InChI=1S/C16H11F3N2O/c1-8-2-3-12(10(17)6-8)21-15-13-9(4-5-20-16(13)22)7-11(18)14(15)19/h2-7,21H,1H3,(H,20,22). The zero-order valence-electron chi connectivity index (χ0n) is 11.5. The summed E-state index contributed by atoms with van der Waals surface area (Å²) >= 11 is 0. The number of fused-ring (bicyclic) bond motifs is 1. The Morgan fingerprint density at radius 3 is 2.55 bits per heavy atom. The van der Waals surface area contributed by atoms with E-state index in [1.807, 2.05) is 0 Å². The van der Waals surface area contributed by atoms with Crippen LogP contribution in [0.15, 0.2) is 41.3 Å². The van der Waals surface area contributed by atoms with E-state index >= 15 is 0 Å². The normalized spacial score (nSPS) is 10.9. The van der Waals surface area contributed by atoms with Gasteiger partial charge in [-0.15, -0.1) is 0 Å². The number of pyridine rings is 1. The van der Waals surface area contributed by atoms with Gasteiger partial charge in [-0.2, -0.15) is 0 Å². The minimum absolute atomic E-state index is 0.0420. The van der Waals surface area contributed by atoms with Gasteiger partial charge in [-0.3, -0.25) is 4.79 Å². The molecular formula is C16H11F3N2O. The molecule has 3 rings (SSSR count). The average molecular weight is 304 g/mol. The molecule has 2 aromatic carbocycles. The third kappa shape index (κ3) is 2.32. The number of H-pyrrole nitrogens is 1. The Balaban J connectivity index is 2.25. The van der Waals surface area contributed by atoms with Crippen LogP contribution in [0.2, 0.25) is 0 Å². The van der Waals surface area contributed by atoms with Crippen molar-refractivity contribution in [3.05, 3.63) is 69.9 Å². The summed E-state index contributed by atoms with van der Waals surface area (Å²) in [5.74, 6) is -2.97. The fourth-order valence-electron chi connectivity index (χ4n) is 2.27. The molecule has 6 heteroatoms. The molecule has 0 saturated heterocycles. The summed E-state index contributed by atoms with van der Waals surface area (Å²) in [5.41, 5.74) is -0.337. The second-order valence-electron chi connectivity index (χ2n) is 4.93. The molecule has 0 amide bonds. The van der Waals surface area contributed by atoms with E-state index in [1.165, 1.54) is 24.4 Å². The van der Waals surface area contributed by atoms with E-state index in [0.717, 1.165) is 6.07 Å². The SMILES string of the molecule is Cc1ccc(Nc2c(F)c(F)cc3cc[nH]c(=O)c23)c(F)c1. The van der Waals surface area contributed by atoms with Crippen molar-refractivity contribution in [2.24, 2.45) is 0 Å². The van der Waals surface area contributed by atoms with Gasteiger partial charge in [0, 0.05) is 6.20 Å². The fourth-order valence-corrected chi connectivity index (χ4v) is 2.27. The number of anilines is 2. The molecule has 22 heavy (non-hydrogen) atoms. The number of benzene rings is 2. The Bertz CT molecular complexity index is 935. The van der Waals surface area contributed by atoms with Crippen molar-refractivity contribution in [2.45, 2.75) is 6.92 Å². The van der Waals surface area contributed by atoms with Crippen molar-refractivity contribution < 1.29 is 13.2 Å². The molecule has 1 aromatic heterocycles. The van der Waals surface area contributed by atoms with E-state index in [2.05, 4.69) is 10.3 Å². The van der Waals surface area contributed by atoms with E-state index in [4.69, 9.17) is 0 Å². The first-order valence-corrected chi connectivity index (χ1v) is 6.50. The highest BCUT2D eigenvalue weighted by Crippen LogP contribution is 2.30. The lowest BCUT2D eigenvalue weighted by Crippen LogP contribution is -2.10. The first kappa shape index (κ1) is 14.2. The number of halogens is 3. The van der Waals surface area contributed by atoms with Crippen LogP contribution in [0.25, 0.3) is 10.8 Å². The Morgan fingerprint density at radius 2 is 1.82 bits per heavy atom. The highest BCUT2D eigenvalue weighted by Gasteiger charge is 2.17. The molecule has 2 N–H and O–H groups in total. The van der Waals surface area contributed by atoms with Crippen LogP contribution in [-0.2, 0) is 0 Å². The van der Waals surface area contributed by atoms with Gasteiger partial charge in [0.05, 0.1) is 16.8 Å². The van der Waals surface area contributed by atoms with Crippen LogP contribution < -0.4 is 10.9 Å². The van der Waals surface area contributed by atoms with Gasteiger partial charge in [0.25, 0.3) is 5.56 Å². The quantitative estimate of drug-likeness (QED) is 0.751. The van der Waals surface area contributed by atoms with Crippen molar-refractivity contribution in [2.75, 3.05) is 5.32 Å². The number of hydrogen-bond donors (Lipinski definition) is 2. The fraction of sp³-hybridized carbons (Fsp3) is 0.0625. The molecule has 0 unspecified atom stereocenters. The maximum absolute atomic E-state index is 14.1. The summed E-state index contributed by atoms with van der Waals surface area (Å²) in [6.07, 6.45) is 1.33. The van der Waals surface area contributed by atoms with Crippen LogP contribution in [0.5, 0.6) is 0 Å². The second-order valence-corrected chi connectivity index (χ2v) is 4.93. The average Bonchev–Trinajstić information content (AvgIpc) is 2.46. The van der Waals surface area contributed by atoms with E-state index in [1.54, 1.807) is 13.0 Å². The molecule has 0 aliphatic carbocycles. The number of aromatic nitrogens is 1. The predicted octanol–water partition coefficient (Wildman–Crippen LogP) is 4.00. The van der Waals surface area contributed by atoms with Crippen LogP contribution in [0, 0.1) is 24.4 Å². The number of aryl methyl sites for hydroxylation is 1. The largest absolute Gasteiger partial charge is 0.350 e. The second kappa shape index (κ2) is 5.22. The Kier molecular flexibility index (Phi) is 3.36. The Labute approximate surface area is 123 Å². The van der Waals surface area contributed by atoms with E-state index in [0.29, 0.717) is 5.56 Å². The summed E-state index contributed by atoms with van der Waals surface area (Å²) in [5, 5.41) is 2.63. The lowest BCUT2D eigenvalue weighted by Gasteiger charge is -2.12. The third-order valence-electron chi connectivity index (χ3n) is 3.34. The minimum Gasteiger partial charge on any atom is -0.350 e. The Hall–Kier alpha value is -2.76. The molecule has 0 atom stereocenters. The van der Waals surface area contributed by atoms with Crippen molar-refractivity contribution in [3.63, 3.8) is 0 Å². The van der Waals surface area contributed by atoms with Gasteiger partial charge in [-0.25, -0.2) is 13.2 Å². The molecule has 0 fully saturated rings. The third-order valence-corrected chi connectivity index (χ3v) is 3.34. The van der Waals surface area contributed by atoms with Gasteiger partial charge in [0.15, 0.2) is 11.6 Å². The van der Waals surface area contributed by atoms with Gasteiger partial charge in [0.2, 0.25) is 0 Å². The predicted molar refractivity (Wildman–Crippen MR) is 78.9 cm³/mol. The number of aromatic amines is 1.